The minimum atomic E-state index is -0.230. The Morgan fingerprint density at radius 2 is 2.05 bits per heavy atom. The molecule has 0 fully saturated rings. The van der Waals surface area contributed by atoms with E-state index in [2.05, 4.69) is 26.6 Å². The number of methoxy groups -OCH3 is 2. The fraction of sp³-hybridized carbons (Fsp3) is 0.500. The van der Waals surface area contributed by atoms with Crippen LogP contribution in [0, 0.1) is 6.92 Å². The van der Waals surface area contributed by atoms with Gasteiger partial charge in [-0.05, 0) is 37.5 Å². The summed E-state index contributed by atoms with van der Waals surface area (Å²) in [6, 6.07) is 3.52. The van der Waals surface area contributed by atoms with Gasteiger partial charge in [0.2, 0.25) is 0 Å². The Bertz CT molecular complexity index is 452. The Labute approximate surface area is 128 Å². The molecule has 0 aliphatic heterocycles. The van der Waals surface area contributed by atoms with Crippen molar-refractivity contribution in [2.45, 2.75) is 19.8 Å². The topological polar surface area (TPSA) is 59.6 Å². The Morgan fingerprint density at radius 1 is 1.30 bits per heavy atom. The lowest BCUT2D eigenvalue weighted by atomic mass is 10.2. The maximum atomic E-state index is 11.8. The van der Waals surface area contributed by atoms with Crippen molar-refractivity contribution in [3.8, 4) is 5.75 Å². The normalized spacial score (nSPS) is 10.2. The maximum Gasteiger partial charge on any atom is 0.319 e. The zero-order valence-electron chi connectivity index (χ0n) is 12.1. The first kappa shape index (κ1) is 16.8. The molecule has 1 aromatic carbocycles. The molecule has 2 N–H and O–H groups in total. The molecular weight excluding hydrogens is 324 g/mol. The quantitative estimate of drug-likeness (QED) is 0.746. The molecule has 0 saturated heterocycles. The number of benzene rings is 1. The van der Waals surface area contributed by atoms with E-state index < -0.39 is 0 Å². The van der Waals surface area contributed by atoms with Crippen LogP contribution in [0.15, 0.2) is 16.6 Å². The molecule has 0 bridgehead atoms. The first-order chi connectivity index (χ1) is 9.58. The number of aryl methyl sites for hydroxylation is 1. The summed E-state index contributed by atoms with van der Waals surface area (Å²) in [5, 5.41) is 5.63. The van der Waals surface area contributed by atoms with Crippen LogP contribution in [0.1, 0.15) is 18.4 Å². The first-order valence-electron chi connectivity index (χ1n) is 6.46. The molecule has 0 aromatic heterocycles. The van der Waals surface area contributed by atoms with Gasteiger partial charge in [-0.1, -0.05) is 15.9 Å². The van der Waals surface area contributed by atoms with Crippen molar-refractivity contribution in [3.05, 3.63) is 22.2 Å². The van der Waals surface area contributed by atoms with Crippen LogP contribution in [-0.4, -0.2) is 33.4 Å². The lowest BCUT2D eigenvalue weighted by Crippen LogP contribution is -2.30. The average molecular weight is 345 g/mol. The Morgan fingerprint density at radius 3 is 2.70 bits per heavy atom. The number of hydrogen-bond acceptors (Lipinski definition) is 3. The summed E-state index contributed by atoms with van der Waals surface area (Å²) >= 11 is 3.40. The van der Waals surface area contributed by atoms with E-state index in [1.165, 1.54) is 0 Å². The standard InChI is InChI=1S/C14H21BrN2O3/c1-10-8-11(15)9-12(20-3)13(10)17-14(18)16-6-4-5-7-19-2/h8-9H,4-7H2,1-3H3,(H2,16,17,18). The molecule has 6 heteroatoms. The third kappa shape index (κ3) is 5.38. The molecule has 112 valence electrons. The van der Waals surface area contributed by atoms with Crippen molar-refractivity contribution in [2.75, 3.05) is 32.7 Å². The Hall–Kier alpha value is -1.27. The van der Waals surface area contributed by atoms with Crippen LogP contribution in [-0.2, 0) is 4.74 Å². The molecule has 0 atom stereocenters. The van der Waals surface area contributed by atoms with Gasteiger partial charge in [0.05, 0.1) is 12.8 Å². The molecule has 1 aromatic rings. The summed E-state index contributed by atoms with van der Waals surface area (Å²) in [6.45, 7) is 3.25. The fourth-order valence-electron chi connectivity index (χ4n) is 1.76. The Balaban J connectivity index is 2.53. The van der Waals surface area contributed by atoms with E-state index in [1.807, 2.05) is 19.1 Å². The van der Waals surface area contributed by atoms with Crippen molar-refractivity contribution >= 4 is 27.6 Å². The smallest absolute Gasteiger partial charge is 0.319 e. The van der Waals surface area contributed by atoms with E-state index in [0.717, 1.165) is 22.9 Å². The third-order valence-electron chi connectivity index (χ3n) is 2.78. The molecule has 0 radical (unpaired) electrons. The highest BCUT2D eigenvalue weighted by Gasteiger charge is 2.11. The number of ether oxygens (including phenoxy) is 2. The molecule has 0 aliphatic rings. The van der Waals surface area contributed by atoms with Crippen molar-refractivity contribution < 1.29 is 14.3 Å². The lowest BCUT2D eigenvalue weighted by molar-refractivity contribution is 0.192. The van der Waals surface area contributed by atoms with Gasteiger partial charge in [-0.2, -0.15) is 0 Å². The lowest BCUT2D eigenvalue weighted by Gasteiger charge is -2.14. The van der Waals surface area contributed by atoms with Crippen molar-refractivity contribution in [1.82, 2.24) is 5.32 Å². The predicted octanol–water partition coefficient (Wildman–Crippen LogP) is 3.31. The number of carbonyl (C=O) groups is 1. The minimum Gasteiger partial charge on any atom is -0.495 e. The summed E-state index contributed by atoms with van der Waals surface area (Å²) in [6.07, 6.45) is 1.81. The van der Waals surface area contributed by atoms with E-state index in [4.69, 9.17) is 9.47 Å². The molecule has 2 amide bonds. The van der Waals surface area contributed by atoms with Gasteiger partial charge in [0.25, 0.3) is 0 Å². The predicted molar refractivity (Wildman–Crippen MR) is 83.6 cm³/mol. The number of hydrogen-bond donors (Lipinski definition) is 2. The number of halogens is 1. The van der Waals surface area contributed by atoms with Crippen LogP contribution in [0.25, 0.3) is 0 Å². The van der Waals surface area contributed by atoms with Gasteiger partial charge in [-0.3, -0.25) is 0 Å². The maximum absolute atomic E-state index is 11.8. The molecular formula is C14H21BrN2O3. The number of amides is 2. The van der Waals surface area contributed by atoms with Crippen LogP contribution < -0.4 is 15.4 Å². The number of rotatable bonds is 7. The SMILES string of the molecule is COCCCCNC(=O)Nc1c(C)cc(Br)cc1OC. The van der Waals surface area contributed by atoms with Crippen LogP contribution in [0.5, 0.6) is 5.75 Å². The largest absolute Gasteiger partial charge is 0.495 e. The minimum absolute atomic E-state index is 0.230. The second kappa shape index (κ2) is 8.81. The van der Waals surface area contributed by atoms with E-state index in [1.54, 1.807) is 14.2 Å². The van der Waals surface area contributed by atoms with Gasteiger partial charge in [0, 0.05) is 24.7 Å². The zero-order chi connectivity index (χ0) is 15.0. The molecule has 0 saturated carbocycles. The van der Waals surface area contributed by atoms with Crippen molar-refractivity contribution in [1.29, 1.82) is 0 Å². The average Bonchev–Trinajstić information content (AvgIpc) is 2.41. The van der Waals surface area contributed by atoms with Crippen LogP contribution in [0.2, 0.25) is 0 Å². The van der Waals surface area contributed by atoms with Gasteiger partial charge in [-0.25, -0.2) is 4.79 Å². The summed E-state index contributed by atoms with van der Waals surface area (Å²) in [5.41, 5.74) is 1.62. The van der Waals surface area contributed by atoms with Crippen LogP contribution in [0.4, 0.5) is 10.5 Å². The molecule has 0 heterocycles. The summed E-state index contributed by atoms with van der Waals surface area (Å²) < 4.78 is 11.1. The van der Waals surface area contributed by atoms with Gasteiger partial charge in [-0.15, -0.1) is 0 Å². The summed E-state index contributed by atoms with van der Waals surface area (Å²) in [4.78, 5) is 11.8. The van der Waals surface area contributed by atoms with Crippen LogP contribution >= 0.6 is 15.9 Å². The highest BCUT2D eigenvalue weighted by Crippen LogP contribution is 2.31. The monoisotopic (exact) mass is 344 g/mol. The first-order valence-corrected chi connectivity index (χ1v) is 7.25. The number of unbranched alkanes of at least 4 members (excludes halogenated alkanes) is 1. The third-order valence-corrected chi connectivity index (χ3v) is 3.24. The van der Waals surface area contributed by atoms with Gasteiger partial charge >= 0.3 is 6.03 Å². The zero-order valence-corrected chi connectivity index (χ0v) is 13.7. The molecule has 0 aliphatic carbocycles. The Kier molecular flexibility index (Phi) is 7.40. The van der Waals surface area contributed by atoms with E-state index >= 15 is 0 Å². The van der Waals surface area contributed by atoms with Crippen molar-refractivity contribution in [2.24, 2.45) is 0 Å². The van der Waals surface area contributed by atoms with Crippen molar-refractivity contribution in [3.63, 3.8) is 0 Å². The van der Waals surface area contributed by atoms with E-state index in [-0.39, 0.29) is 6.03 Å². The molecule has 20 heavy (non-hydrogen) atoms. The second-order valence-corrected chi connectivity index (χ2v) is 5.30. The fourth-order valence-corrected chi connectivity index (χ4v) is 2.32. The summed E-state index contributed by atoms with van der Waals surface area (Å²) in [7, 11) is 3.25. The number of nitrogens with one attached hydrogen (secondary N) is 2. The number of anilines is 1. The van der Waals surface area contributed by atoms with Gasteiger partial charge in [0.1, 0.15) is 5.75 Å². The highest BCUT2D eigenvalue weighted by molar-refractivity contribution is 9.10. The number of carbonyl (C=O) groups excluding carboxylic acids is 1. The van der Waals surface area contributed by atoms with Crippen LogP contribution in [0.3, 0.4) is 0 Å². The molecule has 0 spiro atoms. The summed E-state index contributed by atoms with van der Waals surface area (Å²) in [5.74, 6) is 0.631. The highest BCUT2D eigenvalue weighted by atomic mass is 79.9. The second-order valence-electron chi connectivity index (χ2n) is 4.38. The van der Waals surface area contributed by atoms with Gasteiger partial charge < -0.3 is 20.1 Å². The van der Waals surface area contributed by atoms with Gasteiger partial charge in [0.15, 0.2) is 0 Å². The number of urea groups is 1. The molecule has 1 rings (SSSR count). The molecule has 5 nitrogen and oxygen atoms in total. The van der Waals surface area contributed by atoms with E-state index in [9.17, 15) is 4.79 Å². The van der Waals surface area contributed by atoms with E-state index in [0.29, 0.717) is 24.6 Å². The molecule has 0 unspecified atom stereocenters.